The number of rotatable bonds is 3. The first-order valence-electron chi connectivity index (χ1n) is 4.75. The van der Waals surface area contributed by atoms with Crippen LogP contribution in [-0.4, -0.2) is 18.9 Å². The molecule has 0 aliphatic carbocycles. The minimum atomic E-state index is -0.157. The van der Waals surface area contributed by atoms with Crippen molar-refractivity contribution in [1.82, 2.24) is 4.98 Å². The SMILES string of the molecule is COCOc1cc2[nH]c(=O)ccc2cc1N. The second kappa shape index (κ2) is 4.24. The predicted molar refractivity (Wildman–Crippen MR) is 61.5 cm³/mol. The van der Waals surface area contributed by atoms with Crippen LogP contribution in [0.2, 0.25) is 0 Å². The maximum Gasteiger partial charge on any atom is 0.248 e. The zero-order valence-corrected chi connectivity index (χ0v) is 8.82. The summed E-state index contributed by atoms with van der Waals surface area (Å²) in [4.78, 5) is 13.8. The average Bonchev–Trinajstić information content (AvgIpc) is 2.27. The third kappa shape index (κ3) is 1.99. The number of methoxy groups -OCH3 is 1. The zero-order chi connectivity index (χ0) is 11.5. The summed E-state index contributed by atoms with van der Waals surface area (Å²) in [6.07, 6.45) is 0. The summed E-state index contributed by atoms with van der Waals surface area (Å²) in [6.45, 7) is 0.118. The van der Waals surface area contributed by atoms with E-state index < -0.39 is 0 Å². The van der Waals surface area contributed by atoms with Gasteiger partial charge in [0.25, 0.3) is 0 Å². The van der Waals surface area contributed by atoms with Gasteiger partial charge in [-0.25, -0.2) is 0 Å². The van der Waals surface area contributed by atoms with E-state index >= 15 is 0 Å². The van der Waals surface area contributed by atoms with Gasteiger partial charge in [0.05, 0.1) is 11.2 Å². The summed E-state index contributed by atoms with van der Waals surface area (Å²) in [5, 5.41) is 0.863. The fourth-order valence-electron chi connectivity index (χ4n) is 1.45. The van der Waals surface area contributed by atoms with Gasteiger partial charge in [-0.05, 0) is 12.1 Å². The fraction of sp³-hybridized carbons (Fsp3) is 0.182. The average molecular weight is 220 g/mol. The van der Waals surface area contributed by atoms with Crippen molar-refractivity contribution < 1.29 is 9.47 Å². The van der Waals surface area contributed by atoms with E-state index in [1.165, 1.54) is 13.2 Å². The molecule has 0 saturated heterocycles. The summed E-state index contributed by atoms with van der Waals surface area (Å²) >= 11 is 0. The maximum atomic E-state index is 11.1. The number of anilines is 1. The molecular weight excluding hydrogens is 208 g/mol. The Bertz CT molecular complexity index is 563. The van der Waals surface area contributed by atoms with Crippen LogP contribution in [0.3, 0.4) is 0 Å². The third-order valence-electron chi connectivity index (χ3n) is 2.19. The molecule has 0 saturated carbocycles. The van der Waals surface area contributed by atoms with Crippen molar-refractivity contribution in [3.63, 3.8) is 0 Å². The summed E-state index contributed by atoms with van der Waals surface area (Å²) in [5.74, 6) is 0.496. The first kappa shape index (κ1) is 10.5. The van der Waals surface area contributed by atoms with E-state index in [-0.39, 0.29) is 12.4 Å². The largest absolute Gasteiger partial charge is 0.465 e. The number of fused-ring (bicyclic) bond motifs is 1. The number of aromatic nitrogens is 1. The lowest BCUT2D eigenvalue weighted by molar-refractivity contribution is 0.0517. The minimum Gasteiger partial charge on any atom is -0.465 e. The molecule has 1 heterocycles. The van der Waals surface area contributed by atoms with Crippen LogP contribution in [-0.2, 0) is 4.74 Å². The molecule has 0 atom stereocenters. The molecule has 2 aromatic rings. The van der Waals surface area contributed by atoms with Crippen LogP contribution in [0.1, 0.15) is 0 Å². The number of benzene rings is 1. The molecule has 0 amide bonds. The highest BCUT2D eigenvalue weighted by molar-refractivity contribution is 5.84. The van der Waals surface area contributed by atoms with Crippen LogP contribution < -0.4 is 16.0 Å². The topological polar surface area (TPSA) is 77.3 Å². The van der Waals surface area contributed by atoms with E-state index in [9.17, 15) is 4.79 Å². The Morgan fingerprint density at radius 2 is 2.19 bits per heavy atom. The standard InChI is InChI=1S/C11H12N2O3/c1-15-6-16-10-5-9-7(4-8(10)12)2-3-11(14)13-9/h2-5H,6,12H2,1H3,(H,13,14). The second-order valence-electron chi connectivity index (χ2n) is 3.35. The Kier molecular flexibility index (Phi) is 2.78. The van der Waals surface area contributed by atoms with E-state index in [1.807, 2.05) is 0 Å². The van der Waals surface area contributed by atoms with Crippen LogP contribution in [0.15, 0.2) is 29.1 Å². The number of pyridine rings is 1. The Balaban J connectivity index is 2.51. The van der Waals surface area contributed by atoms with Gasteiger partial charge in [-0.1, -0.05) is 0 Å². The Morgan fingerprint density at radius 3 is 2.94 bits per heavy atom. The molecule has 1 aromatic heterocycles. The van der Waals surface area contributed by atoms with Gasteiger partial charge >= 0.3 is 0 Å². The van der Waals surface area contributed by atoms with Crippen molar-refractivity contribution in [2.75, 3.05) is 19.6 Å². The second-order valence-corrected chi connectivity index (χ2v) is 3.35. The van der Waals surface area contributed by atoms with Crippen LogP contribution >= 0.6 is 0 Å². The first-order valence-corrected chi connectivity index (χ1v) is 4.75. The lowest BCUT2D eigenvalue weighted by Gasteiger charge is -2.08. The fourth-order valence-corrected chi connectivity index (χ4v) is 1.45. The molecule has 0 fully saturated rings. The molecule has 1 aromatic carbocycles. The molecule has 0 radical (unpaired) electrons. The molecule has 84 valence electrons. The smallest absolute Gasteiger partial charge is 0.248 e. The van der Waals surface area contributed by atoms with Crippen LogP contribution in [0, 0.1) is 0 Å². The lowest BCUT2D eigenvalue weighted by atomic mass is 10.2. The number of hydrogen-bond acceptors (Lipinski definition) is 4. The Morgan fingerprint density at radius 1 is 1.38 bits per heavy atom. The Hall–Kier alpha value is -2.01. The third-order valence-corrected chi connectivity index (χ3v) is 2.19. The molecule has 2 rings (SSSR count). The van der Waals surface area contributed by atoms with Crippen molar-refractivity contribution in [2.45, 2.75) is 0 Å². The van der Waals surface area contributed by atoms with Gasteiger partial charge in [-0.2, -0.15) is 0 Å². The van der Waals surface area contributed by atoms with E-state index in [2.05, 4.69) is 4.98 Å². The van der Waals surface area contributed by atoms with Crippen LogP contribution in [0.25, 0.3) is 10.9 Å². The highest BCUT2D eigenvalue weighted by Gasteiger charge is 2.03. The molecular formula is C11H12N2O3. The summed E-state index contributed by atoms with van der Waals surface area (Å²) in [7, 11) is 1.53. The number of nitrogen functional groups attached to an aromatic ring is 1. The molecule has 0 unspecified atom stereocenters. The zero-order valence-electron chi connectivity index (χ0n) is 8.82. The van der Waals surface area contributed by atoms with Gasteiger partial charge in [0.2, 0.25) is 5.56 Å². The monoisotopic (exact) mass is 220 g/mol. The number of aromatic amines is 1. The van der Waals surface area contributed by atoms with Crippen molar-refractivity contribution in [2.24, 2.45) is 0 Å². The van der Waals surface area contributed by atoms with Gasteiger partial charge in [0, 0.05) is 24.6 Å². The highest BCUT2D eigenvalue weighted by atomic mass is 16.7. The van der Waals surface area contributed by atoms with Gasteiger partial charge in [0.15, 0.2) is 6.79 Å². The van der Waals surface area contributed by atoms with Crippen molar-refractivity contribution >= 4 is 16.6 Å². The molecule has 0 aliphatic rings. The summed E-state index contributed by atoms with van der Waals surface area (Å²) < 4.78 is 10.1. The summed E-state index contributed by atoms with van der Waals surface area (Å²) in [5.41, 5.74) is 6.83. The number of nitrogens with two attached hydrogens (primary N) is 1. The van der Waals surface area contributed by atoms with E-state index in [4.69, 9.17) is 15.2 Å². The highest BCUT2D eigenvalue weighted by Crippen LogP contribution is 2.26. The quantitative estimate of drug-likeness (QED) is 0.599. The van der Waals surface area contributed by atoms with E-state index in [0.717, 1.165) is 5.39 Å². The van der Waals surface area contributed by atoms with E-state index in [0.29, 0.717) is 17.0 Å². The molecule has 0 aliphatic heterocycles. The number of nitrogens with one attached hydrogen (secondary N) is 1. The molecule has 5 heteroatoms. The van der Waals surface area contributed by atoms with Crippen molar-refractivity contribution in [3.8, 4) is 5.75 Å². The first-order chi connectivity index (χ1) is 7.70. The predicted octanol–water partition coefficient (Wildman–Crippen LogP) is 1.09. The van der Waals surface area contributed by atoms with Crippen LogP contribution in [0.4, 0.5) is 5.69 Å². The molecule has 5 nitrogen and oxygen atoms in total. The molecule has 0 spiro atoms. The summed E-state index contributed by atoms with van der Waals surface area (Å²) in [6, 6.07) is 6.60. The van der Waals surface area contributed by atoms with E-state index in [1.54, 1.807) is 18.2 Å². The lowest BCUT2D eigenvalue weighted by Crippen LogP contribution is -2.05. The maximum absolute atomic E-state index is 11.1. The molecule has 0 bridgehead atoms. The Labute approximate surface area is 91.8 Å². The number of hydrogen-bond donors (Lipinski definition) is 2. The minimum absolute atomic E-state index is 0.118. The normalized spacial score (nSPS) is 10.6. The number of H-pyrrole nitrogens is 1. The van der Waals surface area contributed by atoms with Gasteiger partial charge in [-0.15, -0.1) is 0 Å². The van der Waals surface area contributed by atoms with Crippen LogP contribution in [0.5, 0.6) is 5.75 Å². The van der Waals surface area contributed by atoms with Crippen molar-refractivity contribution in [1.29, 1.82) is 0 Å². The van der Waals surface area contributed by atoms with Gasteiger partial charge < -0.3 is 20.2 Å². The number of ether oxygens (including phenoxy) is 2. The van der Waals surface area contributed by atoms with Crippen molar-refractivity contribution in [3.05, 3.63) is 34.6 Å². The van der Waals surface area contributed by atoms with Gasteiger partial charge in [0.1, 0.15) is 5.75 Å². The molecule has 3 N–H and O–H groups in total. The molecule has 16 heavy (non-hydrogen) atoms. The van der Waals surface area contributed by atoms with Gasteiger partial charge in [-0.3, -0.25) is 4.79 Å².